The Kier molecular flexibility index (Phi) is 8.58. The molecule has 4 rings (SSSR count). The largest absolute Gasteiger partial charge is 0.462 e. The molecule has 1 aromatic heterocycles. The lowest BCUT2D eigenvalue weighted by atomic mass is 9.83. The Labute approximate surface area is 211 Å². The molecule has 2 aromatic carbocycles. The smallest absolute Gasteiger partial charge is 0.341 e. The number of anilines is 1. The monoisotopic (exact) mass is 482 g/mol. The van der Waals surface area contributed by atoms with Crippen LogP contribution in [0.5, 0.6) is 0 Å². The van der Waals surface area contributed by atoms with Gasteiger partial charge >= 0.3 is 5.97 Å². The van der Waals surface area contributed by atoms with E-state index in [1.807, 2.05) is 11.8 Å². The van der Waals surface area contributed by atoms with Gasteiger partial charge in [-0.2, -0.15) is 0 Å². The Morgan fingerprint density at radius 1 is 1.00 bits per heavy atom. The van der Waals surface area contributed by atoms with Crippen molar-refractivity contribution in [3.63, 3.8) is 0 Å². The van der Waals surface area contributed by atoms with Crippen LogP contribution >= 0.6 is 11.8 Å². The van der Waals surface area contributed by atoms with Crippen molar-refractivity contribution in [2.45, 2.75) is 18.1 Å². The van der Waals surface area contributed by atoms with Gasteiger partial charge in [0.2, 0.25) is 0 Å². The summed E-state index contributed by atoms with van der Waals surface area (Å²) in [5.74, 6) is 0.982. The highest BCUT2D eigenvalue weighted by Gasteiger charge is 2.37. The van der Waals surface area contributed by atoms with E-state index in [9.17, 15) is 4.79 Å². The van der Waals surface area contributed by atoms with E-state index in [0.717, 1.165) is 12.2 Å². The fourth-order valence-electron chi connectivity index (χ4n) is 4.23. The summed E-state index contributed by atoms with van der Waals surface area (Å²) in [5.41, 5.74) is 4.19. The molecule has 0 fully saturated rings. The molecule has 3 aromatic rings. The quantitative estimate of drug-likeness (QED) is 0.255. The molecule has 0 unspecified atom stereocenters. The van der Waals surface area contributed by atoms with Crippen molar-refractivity contribution in [1.82, 2.24) is 4.98 Å². The topological polar surface area (TPSA) is 51.2 Å². The third-order valence-corrected chi connectivity index (χ3v) is 7.33. The van der Waals surface area contributed by atoms with E-state index in [2.05, 4.69) is 101 Å². The molecule has 1 N–H and O–H groups in total. The summed E-state index contributed by atoms with van der Waals surface area (Å²) < 4.78 is 4.82. The van der Waals surface area contributed by atoms with Crippen molar-refractivity contribution < 1.29 is 9.53 Å². The molecule has 0 radical (unpaired) electrons. The number of benzene rings is 2. The summed E-state index contributed by atoms with van der Waals surface area (Å²) in [7, 11) is 0. The maximum absolute atomic E-state index is 12.3. The SMILES string of the molecule is CCOC(=O)c1cccnc1NCCSC(C1=CCC=CC=C1)(c1ccccc1)c1ccccc1. The van der Waals surface area contributed by atoms with E-state index in [0.29, 0.717) is 24.5 Å². The second-order valence-corrected chi connectivity index (χ2v) is 9.30. The predicted octanol–water partition coefficient (Wildman–Crippen LogP) is 6.79. The lowest BCUT2D eigenvalue weighted by Gasteiger charge is -2.36. The van der Waals surface area contributed by atoms with Gasteiger partial charge in [0, 0.05) is 18.5 Å². The summed E-state index contributed by atoms with van der Waals surface area (Å²) in [4.78, 5) is 16.7. The van der Waals surface area contributed by atoms with Crippen LogP contribution in [0.25, 0.3) is 0 Å². The van der Waals surface area contributed by atoms with Crippen molar-refractivity contribution in [1.29, 1.82) is 0 Å². The second-order valence-electron chi connectivity index (χ2n) is 7.99. The van der Waals surface area contributed by atoms with E-state index in [1.165, 1.54) is 16.7 Å². The van der Waals surface area contributed by atoms with E-state index < -0.39 is 0 Å². The third kappa shape index (κ3) is 5.75. The molecular weight excluding hydrogens is 452 g/mol. The van der Waals surface area contributed by atoms with Gasteiger partial charge in [-0.3, -0.25) is 0 Å². The van der Waals surface area contributed by atoms with Crippen LogP contribution in [0.15, 0.2) is 115 Å². The molecule has 178 valence electrons. The number of rotatable bonds is 10. The van der Waals surface area contributed by atoms with Crippen LogP contribution in [0.4, 0.5) is 5.82 Å². The van der Waals surface area contributed by atoms with Gasteiger partial charge in [-0.25, -0.2) is 9.78 Å². The van der Waals surface area contributed by atoms with E-state index in [1.54, 1.807) is 25.3 Å². The molecule has 0 atom stereocenters. The number of nitrogens with zero attached hydrogens (tertiary/aromatic N) is 1. The van der Waals surface area contributed by atoms with Gasteiger partial charge in [0.25, 0.3) is 0 Å². The summed E-state index contributed by atoms with van der Waals surface area (Å²) >= 11 is 1.88. The number of carbonyl (C=O) groups excluding carboxylic acids is 1. The predicted molar refractivity (Wildman–Crippen MR) is 146 cm³/mol. The van der Waals surface area contributed by atoms with Gasteiger partial charge in [-0.15, -0.1) is 11.8 Å². The molecule has 0 spiro atoms. The van der Waals surface area contributed by atoms with Crippen molar-refractivity contribution >= 4 is 23.5 Å². The average molecular weight is 483 g/mol. The van der Waals surface area contributed by atoms with E-state index in [-0.39, 0.29) is 10.7 Å². The maximum Gasteiger partial charge on any atom is 0.341 e. The summed E-state index contributed by atoms with van der Waals surface area (Å²) in [5, 5.41) is 3.36. The molecule has 5 heteroatoms. The number of allylic oxidation sites excluding steroid dienone is 5. The maximum atomic E-state index is 12.3. The Hall–Kier alpha value is -3.57. The summed E-state index contributed by atoms with van der Waals surface area (Å²) in [6.45, 7) is 2.78. The number of pyridine rings is 1. The van der Waals surface area contributed by atoms with Crippen molar-refractivity contribution in [2.75, 3.05) is 24.2 Å². The van der Waals surface area contributed by atoms with Crippen molar-refractivity contribution in [2.24, 2.45) is 0 Å². The number of hydrogen-bond donors (Lipinski definition) is 1. The average Bonchev–Trinajstić information content (AvgIpc) is 3.20. The summed E-state index contributed by atoms with van der Waals surface area (Å²) in [6.07, 6.45) is 13.5. The van der Waals surface area contributed by atoms with Crippen LogP contribution < -0.4 is 5.32 Å². The minimum atomic E-state index is -0.374. The second kappa shape index (κ2) is 12.2. The fraction of sp³-hybridized carbons (Fsp3) is 0.200. The Balaban J connectivity index is 1.64. The van der Waals surface area contributed by atoms with E-state index >= 15 is 0 Å². The highest BCUT2D eigenvalue weighted by Crippen LogP contribution is 2.49. The Morgan fingerprint density at radius 3 is 2.40 bits per heavy atom. The van der Waals surface area contributed by atoms with Gasteiger partial charge in [-0.1, -0.05) is 91.0 Å². The number of thioether (sulfide) groups is 1. The minimum absolute atomic E-state index is 0.331. The van der Waals surface area contributed by atoms with Gasteiger partial charge in [0.05, 0.1) is 11.4 Å². The first-order chi connectivity index (χ1) is 17.3. The molecule has 1 heterocycles. The van der Waals surface area contributed by atoms with Crippen LogP contribution in [-0.4, -0.2) is 29.9 Å². The Morgan fingerprint density at radius 2 is 1.71 bits per heavy atom. The minimum Gasteiger partial charge on any atom is -0.462 e. The molecular formula is C30H30N2O2S. The highest BCUT2D eigenvalue weighted by atomic mass is 32.2. The first kappa shape index (κ1) is 24.6. The fourth-order valence-corrected chi connectivity index (χ4v) is 5.66. The standard InChI is InChI=1S/C30H30N2O2S/c1-2-34-29(33)27-20-13-21-31-28(27)32-22-23-35-30(25-16-9-5-10-17-25,26-18-11-6-12-19-26)24-14-7-3-4-8-15-24/h3-7,9-21H,2,8,22-23H2,1H3,(H,31,32). The zero-order chi connectivity index (χ0) is 24.3. The van der Waals surface area contributed by atoms with Crippen LogP contribution in [0.2, 0.25) is 0 Å². The molecule has 4 nitrogen and oxygen atoms in total. The van der Waals surface area contributed by atoms with Crippen molar-refractivity contribution in [3.8, 4) is 0 Å². The van der Waals surface area contributed by atoms with Gasteiger partial charge < -0.3 is 10.1 Å². The number of nitrogens with one attached hydrogen (secondary N) is 1. The van der Waals surface area contributed by atoms with Crippen LogP contribution in [0.1, 0.15) is 34.8 Å². The summed E-state index contributed by atoms with van der Waals surface area (Å²) in [6, 6.07) is 24.8. The lowest BCUT2D eigenvalue weighted by molar-refractivity contribution is 0.0527. The molecule has 0 bridgehead atoms. The highest BCUT2D eigenvalue weighted by molar-refractivity contribution is 8.00. The zero-order valence-corrected chi connectivity index (χ0v) is 20.7. The third-order valence-electron chi connectivity index (χ3n) is 5.78. The molecule has 0 saturated carbocycles. The first-order valence-electron chi connectivity index (χ1n) is 11.9. The van der Waals surface area contributed by atoms with Gasteiger partial charge in [0.15, 0.2) is 0 Å². The molecule has 0 aliphatic heterocycles. The van der Waals surface area contributed by atoms with Crippen LogP contribution in [-0.2, 0) is 9.48 Å². The normalized spacial score (nSPS) is 13.1. The first-order valence-corrected chi connectivity index (χ1v) is 12.9. The van der Waals surface area contributed by atoms with Gasteiger partial charge in [0.1, 0.15) is 11.4 Å². The molecule has 0 amide bonds. The number of hydrogen-bond acceptors (Lipinski definition) is 5. The zero-order valence-electron chi connectivity index (χ0n) is 19.9. The molecule has 35 heavy (non-hydrogen) atoms. The molecule has 1 aliphatic rings. The number of aromatic nitrogens is 1. The van der Waals surface area contributed by atoms with Crippen LogP contribution in [0, 0.1) is 0 Å². The Bertz CT molecular complexity index is 1160. The molecule has 1 aliphatic carbocycles. The van der Waals surface area contributed by atoms with Gasteiger partial charge in [-0.05, 0) is 42.2 Å². The van der Waals surface area contributed by atoms with Crippen molar-refractivity contribution in [3.05, 3.63) is 132 Å². The lowest BCUT2D eigenvalue weighted by Crippen LogP contribution is -2.27. The van der Waals surface area contributed by atoms with Crippen LogP contribution in [0.3, 0.4) is 0 Å². The number of carbonyl (C=O) groups is 1. The van der Waals surface area contributed by atoms with E-state index in [4.69, 9.17) is 4.74 Å². The number of ether oxygens (including phenoxy) is 1. The number of esters is 1. The molecule has 0 saturated heterocycles.